The standard InChI is InChI=1S/C24H20Cl2F2N2O3S/c1-30-23(24(31)10-14-5-8-21(28)20(26)9-14)13-22(29-34(30,32)33)16-4-2-3-15(11-16)18-7-6-17(27)12-19(18)25/h2-9,11-12,22-23,29H,10,13H2,1H3. The van der Waals surface area contributed by atoms with E-state index in [4.69, 9.17) is 23.2 Å². The molecule has 1 aliphatic heterocycles. The van der Waals surface area contributed by atoms with Crippen molar-refractivity contribution < 1.29 is 22.0 Å². The number of likely N-dealkylation sites (N-methyl/N-ethyl adjacent to an activating group) is 1. The zero-order valence-corrected chi connectivity index (χ0v) is 20.3. The van der Waals surface area contributed by atoms with Crippen molar-refractivity contribution >= 4 is 39.2 Å². The van der Waals surface area contributed by atoms with Crippen LogP contribution in [0.1, 0.15) is 23.6 Å². The maximum atomic E-state index is 13.5. The van der Waals surface area contributed by atoms with Gasteiger partial charge in [0.25, 0.3) is 10.2 Å². The lowest BCUT2D eigenvalue weighted by molar-refractivity contribution is -0.122. The summed E-state index contributed by atoms with van der Waals surface area (Å²) in [6, 6.07) is 13.5. The summed E-state index contributed by atoms with van der Waals surface area (Å²) in [4.78, 5) is 13.1. The summed E-state index contributed by atoms with van der Waals surface area (Å²) >= 11 is 12.0. The summed E-state index contributed by atoms with van der Waals surface area (Å²) in [6.07, 6.45) is 0.0898. The van der Waals surface area contributed by atoms with Gasteiger partial charge in [0.05, 0.1) is 16.1 Å². The summed E-state index contributed by atoms with van der Waals surface area (Å²) < 4.78 is 56.1. The largest absolute Gasteiger partial charge is 0.298 e. The van der Waals surface area contributed by atoms with Crippen LogP contribution in [0.25, 0.3) is 11.1 Å². The van der Waals surface area contributed by atoms with E-state index in [0.717, 1.165) is 4.31 Å². The first kappa shape index (κ1) is 24.8. The first-order valence-corrected chi connectivity index (χ1v) is 12.5. The van der Waals surface area contributed by atoms with Gasteiger partial charge >= 0.3 is 0 Å². The first-order chi connectivity index (χ1) is 16.0. The van der Waals surface area contributed by atoms with Crippen molar-refractivity contribution in [2.24, 2.45) is 0 Å². The van der Waals surface area contributed by atoms with Gasteiger partial charge in [-0.15, -0.1) is 0 Å². The molecule has 0 bridgehead atoms. The van der Waals surface area contributed by atoms with E-state index < -0.39 is 33.9 Å². The molecule has 0 saturated carbocycles. The van der Waals surface area contributed by atoms with Gasteiger partial charge in [-0.3, -0.25) is 4.79 Å². The molecule has 0 spiro atoms. The highest BCUT2D eigenvalue weighted by Gasteiger charge is 2.40. The van der Waals surface area contributed by atoms with Crippen LogP contribution in [0.2, 0.25) is 10.0 Å². The zero-order valence-electron chi connectivity index (χ0n) is 17.9. The normalized spacial score (nSPS) is 20.3. The monoisotopic (exact) mass is 524 g/mol. The van der Waals surface area contributed by atoms with Crippen molar-refractivity contribution in [3.63, 3.8) is 0 Å². The quantitative estimate of drug-likeness (QED) is 0.490. The van der Waals surface area contributed by atoms with E-state index in [-0.39, 0.29) is 28.7 Å². The van der Waals surface area contributed by atoms with E-state index in [1.54, 1.807) is 30.3 Å². The molecule has 178 valence electrons. The molecule has 5 nitrogen and oxygen atoms in total. The molecular formula is C24H20Cl2F2N2O3S. The smallest absolute Gasteiger partial charge is 0.280 e. The average molecular weight is 525 g/mol. The van der Waals surface area contributed by atoms with Gasteiger partial charge in [-0.1, -0.05) is 47.5 Å². The third kappa shape index (κ3) is 5.16. The summed E-state index contributed by atoms with van der Waals surface area (Å²) in [5.41, 5.74) is 2.41. The second kappa shape index (κ2) is 9.71. The molecule has 2 atom stereocenters. The van der Waals surface area contributed by atoms with Crippen LogP contribution in [0.15, 0.2) is 60.7 Å². The van der Waals surface area contributed by atoms with E-state index >= 15 is 0 Å². The fourth-order valence-electron chi connectivity index (χ4n) is 4.00. The molecule has 0 radical (unpaired) electrons. The number of halogens is 4. The third-order valence-corrected chi connectivity index (χ3v) is 8.03. The molecule has 1 heterocycles. The lowest BCUT2D eigenvalue weighted by Crippen LogP contribution is -2.55. The highest BCUT2D eigenvalue weighted by atomic mass is 35.5. The number of carbonyl (C=O) groups excluding carboxylic acids is 1. The van der Waals surface area contributed by atoms with Crippen LogP contribution in [-0.2, 0) is 21.4 Å². The van der Waals surface area contributed by atoms with E-state index in [9.17, 15) is 22.0 Å². The Kier molecular flexibility index (Phi) is 7.07. The maximum absolute atomic E-state index is 13.5. The molecule has 0 aromatic heterocycles. The van der Waals surface area contributed by atoms with Crippen LogP contribution in [0.3, 0.4) is 0 Å². The number of rotatable bonds is 5. The molecule has 3 aromatic carbocycles. The summed E-state index contributed by atoms with van der Waals surface area (Å²) in [5.74, 6) is -1.39. The van der Waals surface area contributed by atoms with E-state index in [0.29, 0.717) is 22.3 Å². The van der Waals surface area contributed by atoms with Crippen molar-refractivity contribution in [3.8, 4) is 11.1 Å². The Labute approximate surface area is 206 Å². The van der Waals surface area contributed by atoms with Gasteiger partial charge in [0.1, 0.15) is 11.6 Å². The van der Waals surface area contributed by atoms with Gasteiger partial charge in [-0.05, 0) is 59.5 Å². The predicted molar refractivity (Wildman–Crippen MR) is 128 cm³/mol. The molecule has 10 heteroatoms. The molecule has 4 rings (SSSR count). The lowest BCUT2D eigenvalue weighted by Gasteiger charge is -2.36. The Hall–Kier alpha value is -2.36. The predicted octanol–water partition coefficient (Wildman–Crippen LogP) is 5.33. The Morgan fingerprint density at radius 3 is 2.53 bits per heavy atom. The molecule has 1 saturated heterocycles. The van der Waals surface area contributed by atoms with Crippen molar-refractivity contribution in [2.45, 2.75) is 24.9 Å². The second-order valence-electron chi connectivity index (χ2n) is 8.08. The van der Waals surface area contributed by atoms with Crippen LogP contribution in [-0.4, -0.2) is 31.6 Å². The van der Waals surface area contributed by atoms with Gasteiger partial charge < -0.3 is 0 Å². The van der Waals surface area contributed by atoms with Crippen molar-refractivity contribution in [3.05, 3.63) is 93.5 Å². The first-order valence-electron chi connectivity index (χ1n) is 10.3. The Balaban J connectivity index is 1.62. The Morgan fingerprint density at radius 2 is 1.82 bits per heavy atom. The summed E-state index contributed by atoms with van der Waals surface area (Å²) in [5, 5.41) is 0.123. The minimum Gasteiger partial charge on any atom is -0.298 e. The maximum Gasteiger partial charge on any atom is 0.280 e. The number of nitrogens with zero attached hydrogens (tertiary/aromatic N) is 1. The SMILES string of the molecule is CN1C(C(=O)Cc2ccc(F)c(Cl)c2)CC(c2cccc(-c3ccc(F)cc3Cl)c2)NS1(=O)=O. The minimum absolute atomic E-state index is 0.0948. The third-order valence-electron chi connectivity index (χ3n) is 5.83. The Morgan fingerprint density at radius 1 is 1.06 bits per heavy atom. The average Bonchev–Trinajstić information content (AvgIpc) is 2.78. The number of hydrogen-bond acceptors (Lipinski definition) is 3. The molecule has 34 heavy (non-hydrogen) atoms. The molecule has 0 aliphatic carbocycles. The van der Waals surface area contributed by atoms with Gasteiger partial charge in [0.2, 0.25) is 0 Å². The van der Waals surface area contributed by atoms with Crippen LogP contribution >= 0.6 is 23.2 Å². The fourth-order valence-corrected chi connectivity index (χ4v) is 5.78. The molecule has 1 fully saturated rings. The van der Waals surface area contributed by atoms with Crippen LogP contribution in [0.4, 0.5) is 8.78 Å². The highest BCUT2D eigenvalue weighted by molar-refractivity contribution is 7.87. The molecule has 2 unspecified atom stereocenters. The molecule has 1 aliphatic rings. The molecule has 0 amide bonds. The molecule has 3 aromatic rings. The van der Waals surface area contributed by atoms with Crippen LogP contribution < -0.4 is 4.72 Å². The number of nitrogens with one attached hydrogen (secondary N) is 1. The van der Waals surface area contributed by atoms with Crippen LogP contribution in [0, 0.1) is 11.6 Å². The van der Waals surface area contributed by atoms with E-state index in [1.807, 2.05) is 0 Å². The second-order valence-corrected chi connectivity index (χ2v) is 10.7. The Bertz CT molecular complexity index is 1370. The van der Waals surface area contributed by atoms with E-state index in [1.165, 1.54) is 37.4 Å². The van der Waals surface area contributed by atoms with Crippen molar-refractivity contribution in [1.29, 1.82) is 0 Å². The number of Topliss-reactive ketones (excluding diaryl/α,β-unsaturated/α-hetero) is 1. The fraction of sp³-hybridized carbons (Fsp3) is 0.208. The van der Waals surface area contributed by atoms with Gasteiger partial charge in [0, 0.05) is 25.1 Å². The van der Waals surface area contributed by atoms with E-state index in [2.05, 4.69) is 4.72 Å². The zero-order chi connectivity index (χ0) is 24.6. The van der Waals surface area contributed by atoms with Crippen molar-refractivity contribution in [1.82, 2.24) is 9.03 Å². The molecule has 1 N–H and O–H groups in total. The lowest BCUT2D eigenvalue weighted by atomic mass is 9.93. The summed E-state index contributed by atoms with van der Waals surface area (Å²) in [7, 11) is -2.61. The number of benzene rings is 3. The number of hydrogen-bond donors (Lipinski definition) is 1. The number of ketones is 1. The van der Waals surface area contributed by atoms with Crippen LogP contribution in [0.5, 0.6) is 0 Å². The van der Waals surface area contributed by atoms with Gasteiger partial charge in [-0.25, -0.2) is 8.78 Å². The highest BCUT2D eigenvalue weighted by Crippen LogP contribution is 2.34. The molecular weight excluding hydrogens is 505 g/mol. The topological polar surface area (TPSA) is 66.5 Å². The van der Waals surface area contributed by atoms with Gasteiger partial charge in [-0.2, -0.15) is 17.4 Å². The minimum atomic E-state index is -3.95. The summed E-state index contributed by atoms with van der Waals surface area (Å²) in [6.45, 7) is 0. The number of carbonyl (C=O) groups is 1. The van der Waals surface area contributed by atoms with Crippen molar-refractivity contribution in [2.75, 3.05) is 7.05 Å². The van der Waals surface area contributed by atoms with Gasteiger partial charge in [0.15, 0.2) is 5.78 Å².